The molecule has 0 saturated carbocycles. The Morgan fingerprint density at radius 1 is 1.30 bits per heavy atom. The van der Waals surface area contributed by atoms with Crippen LogP contribution in [0.1, 0.15) is 11.3 Å². The fraction of sp³-hybridized carbons (Fsp3) is 0.0769. The molecule has 0 fully saturated rings. The van der Waals surface area contributed by atoms with Gasteiger partial charge in [0, 0.05) is 18.5 Å². The van der Waals surface area contributed by atoms with Crippen molar-refractivity contribution in [1.82, 2.24) is 9.97 Å². The van der Waals surface area contributed by atoms with E-state index in [2.05, 4.69) is 9.97 Å². The van der Waals surface area contributed by atoms with Crippen LogP contribution in [0.4, 0.5) is 11.5 Å². The second kappa shape index (κ2) is 5.79. The van der Waals surface area contributed by atoms with Crippen LogP contribution in [-0.2, 0) is 0 Å². The fourth-order valence-electron chi connectivity index (χ4n) is 1.64. The number of nitrogens with zero attached hydrogens (tertiary/aromatic N) is 3. The van der Waals surface area contributed by atoms with Gasteiger partial charge in [0.2, 0.25) is 5.82 Å². The second-order valence-electron chi connectivity index (χ2n) is 3.85. The summed E-state index contributed by atoms with van der Waals surface area (Å²) in [5.41, 5.74) is 6.29. The Hall–Kier alpha value is -2.96. The van der Waals surface area contributed by atoms with E-state index >= 15 is 0 Å². The molecule has 0 aliphatic heterocycles. The van der Waals surface area contributed by atoms with Gasteiger partial charge in [-0.25, -0.2) is 4.98 Å². The Morgan fingerprint density at radius 2 is 2.05 bits per heavy atom. The molecule has 7 nitrogen and oxygen atoms in total. The molecule has 0 bridgehead atoms. The Kier molecular flexibility index (Phi) is 3.90. The number of pyridine rings is 2. The lowest BCUT2D eigenvalue weighted by molar-refractivity contribution is -0.384. The number of rotatable bonds is 4. The highest BCUT2D eigenvalue weighted by atomic mass is 16.6. The van der Waals surface area contributed by atoms with Crippen LogP contribution in [0.3, 0.4) is 0 Å². The van der Waals surface area contributed by atoms with Gasteiger partial charge in [-0.15, -0.1) is 0 Å². The highest BCUT2D eigenvalue weighted by Crippen LogP contribution is 2.25. The monoisotopic (exact) mass is 272 g/mol. The lowest BCUT2D eigenvalue weighted by Crippen LogP contribution is -2.00. The molecule has 0 radical (unpaired) electrons. The number of nitro groups is 1. The summed E-state index contributed by atoms with van der Waals surface area (Å²) in [7, 11) is 1.55. The van der Waals surface area contributed by atoms with E-state index in [9.17, 15) is 10.1 Å². The van der Waals surface area contributed by atoms with Crippen molar-refractivity contribution in [3.05, 3.63) is 52.0 Å². The standard InChI is InChI=1S/C13H12N4O3/c1-20-11-5-7-15-10(8-11)3-2-9-4-6-16-13(14)12(9)17(18)19/h2-8H,1H3,(H2,14,16)/b3-2+. The summed E-state index contributed by atoms with van der Waals surface area (Å²) in [6.45, 7) is 0. The number of hydrogen-bond donors (Lipinski definition) is 1. The Balaban J connectivity index is 2.36. The van der Waals surface area contributed by atoms with E-state index < -0.39 is 4.92 Å². The average Bonchev–Trinajstić information content (AvgIpc) is 2.45. The predicted molar refractivity (Wildman–Crippen MR) is 75.0 cm³/mol. The summed E-state index contributed by atoms with van der Waals surface area (Å²) in [5, 5.41) is 11.0. The molecular weight excluding hydrogens is 260 g/mol. The molecular formula is C13H12N4O3. The molecule has 2 N–H and O–H groups in total. The smallest absolute Gasteiger partial charge is 0.318 e. The van der Waals surface area contributed by atoms with Gasteiger partial charge in [-0.3, -0.25) is 15.1 Å². The number of methoxy groups -OCH3 is 1. The minimum atomic E-state index is -0.555. The molecule has 2 aromatic rings. The Bertz CT molecular complexity index is 670. The molecule has 0 amide bonds. The maximum absolute atomic E-state index is 11.0. The van der Waals surface area contributed by atoms with Crippen LogP contribution in [0.25, 0.3) is 12.2 Å². The van der Waals surface area contributed by atoms with E-state index in [-0.39, 0.29) is 11.5 Å². The number of nitrogen functional groups attached to an aromatic ring is 1. The van der Waals surface area contributed by atoms with Crippen LogP contribution in [0, 0.1) is 10.1 Å². The number of aromatic nitrogens is 2. The number of anilines is 1. The summed E-state index contributed by atoms with van der Waals surface area (Å²) in [4.78, 5) is 18.2. The van der Waals surface area contributed by atoms with Crippen LogP contribution in [0.2, 0.25) is 0 Å². The third-order valence-corrected chi connectivity index (χ3v) is 2.59. The number of ether oxygens (including phenoxy) is 1. The van der Waals surface area contributed by atoms with Gasteiger partial charge in [0.25, 0.3) is 0 Å². The summed E-state index contributed by atoms with van der Waals surface area (Å²) >= 11 is 0. The summed E-state index contributed by atoms with van der Waals surface area (Å²) in [5.74, 6) is 0.541. The van der Waals surface area contributed by atoms with Gasteiger partial charge in [-0.2, -0.15) is 0 Å². The molecule has 2 heterocycles. The predicted octanol–water partition coefficient (Wildman–Crippen LogP) is 2.15. The topological polar surface area (TPSA) is 104 Å². The minimum absolute atomic E-state index is 0.115. The van der Waals surface area contributed by atoms with Crippen molar-refractivity contribution in [2.24, 2.45) is 0 Å². The SMILES string of the molecule is COc1ccnc(/C=C/c2ccnc(N)c2[N+](=O)[O-])c1. The quantitative estimate of drug-likeness (QED) is 0.675. The fourth-order valence-corrected chi connectivity index (χ4v) is 1.64. The Morgan fingerprint density at radius 3 is 2.75 bits per heavy atom. The maximum Gasteiger partial charge on any atom is 0.318 e. The van der Waals surface area contributed by atoms with E-state index in [0.717, 1.165) is 0 Å². The van der Waals surface area contributed by atoms with Crippen LogP contribution in [0.5, 0.6) is 5.75 Å². The first-order valence-corrected chi connectivity index (χ1v) is 5.69. The largest absolute Gasteiger partial charge is 0.497 e. The van der Waals surface area contributed by atoms with Gasteiger partial charge in [-0.1, -0.05) is 0 Å². The van der Waals surface area contributed by atoms with Crippen molar-refractivity contribution in [3.63, 3.8) is 0 Å². The van der Waals surface area contributed by atoms with Crippen molar-refractivity contribution >= 4 is 23.7 Å². The van der Waals surface area contributed by atoms with Crippen LogP contribution >= 0.6 is 0 Å². The van der Waals surface area contributed by atoms with E-state index in [0.29, 0.717) is 17.0 Å². The van der Waals surface area contributed by atoms with Crippen molar-refractivity contribution in [3.8, 4) is 5.75 Å². The first-order chi connectivity index (χ1) is 9.61. The Labute approximate surface area is 114 Å². The lowest BCUT2D eigenvalue weighted by Gasteiger charge is -2.01. The zero-order valence-corrected chi connectivity index (χ0v) is 10.7. The van der Waals surface area contributed by atoms with Gasteiger partial charge in [-0.05, 0) is 24.3 Å². The van der Waals surface area contributed by atoms with Gasteiger partial charge < -0.3 is 10.5 Å². The van der Waals surface area contributed by atoms with Crippen LogP contribution in [-0.4, -0.2) is 22.0 Å². The molecule has 2 rings (SSSR count). The normalized spacial score (nSPS) is 10.7. The third-order valence-electron chi connectivity index (χ3n) is 2.59. The van der Waals surface area contributed by atoms with Gasteiger partial charge in [0.05, 0.1) is 23.3 Å². The van der Waals surface area contributed by atoms with E-state index in [1.807, 2.05) is 0 Å². The molecule has 0 atom stereocenters. The zero-order chi connectivity index (χ0) is 14.5. The summed E-state index contributed by atoms with van der Waals surface area (Å²) in [6, 6.07) is 4.95. The van der Waals surface area contributed by atoms with E-state index in [1.165, 1.54) is 12.3 Å². The van der Waals surface area contributed by atoms with Crippen molar-refractivity contribution < 1.29 is 9.66 Å². The highest BCUT2D eigenvalue weighted by Gasteiger charge is 2.16. The second-order valence-corrected chi connectivity index (χ2v) is 3.85. The number of hydrogen-bond acceptors (Lipinski definition) is 6. The van der Waals surface area contributed by atoms with Crippen LogP contribution in [0.15, 0.2) is 30.6 Å². The molecule has 0 aliphatic rings. The van der Waals surface area contributed by atoms with E-state index in [1.54, 1.807) is 37.6 Å². The first-order valence-electron chi connectivity index (χ1n) is 5.69. The van der Waals surface area contributed by atoms with Crippen LogP contribution < -0.4 is 10.5 Å². The van der Waals surface area contributed by atoms with Gasteiger partial charge in [0.1, 0.15) is 5.75 Å². The summed E-state index contributed by atoms with van der Waals surface area (Å²) < 4.78 is 5.08. The van der Waals surface area contributed by atoms with Crippen molar-refractivity contribution in [2.45, 2.75) is 0 Å². The molecule has 102 valence electrons. The minimum Gasteiger partial charge on any atom is -0.497 e. The molecule has 0 saturated heterocycles. The maximum atomic E-state index is 11.0. The first kappa shape index (κ1) is 13.5. The molecule has 7 heteroatoms. The molecule has 20 heavy (non-hydrogen) atoms. The highest BCUT2D eigenvalue weighted by molar-refractivity contribution is 5.76. The van der Waals surface area contributed by atoms with Crippen molar-refractivity contribution in [1.29, 1.82) is 0 Å². The van der Waals surface area contributed by atoms with Gasteiger partial charge >= 0.3 is 5.69 Å². The molecule has 0 aromatic carbocycles. The lowest BCUT2D eigenvalue weighted by atomic mass is 10.2. The van der Waals surface area contributed by atoms with Gasteiger partial charge in [0.15, 0.2) is 0 Å². The summed E-state index contributed by atoms with van der Waals surface area (Å²) in [6.07, 6.45) is 6.22. The molecule has 0 aliphatic carbocycles. The van der Waals surface area contributed by atoms with Crippen molar-refractivity contribution in [2.75, 3.05) is 12.8 Å². The number of nitrogens with two attached hydrogens (primary N) is 1. The van der Waals surface area contributed by atoms with E-state index in [4.69, 9.17) is 10.5 Å². The molecule has 2 aromatic heterocycles. The average molecular weight is 272 g/mol. The zero-order valence-electron chi connectivity index (χ0n) is 10.7. The third kappa shape index (κ3) is 2.89. The molecule has 0 spiro atoms. The molecule has 0 unspecified atom stereocenters.